The smallest absolute Gasteiger partial charge is 0.338 e. The van der Waals surface area contributed by atoms with E-state index in [9.17, 15) is 4.79 Å². The zero-order chi connectivity index (χ0) is 19.4. The monoisotopic (exact) mass is 432 g/mol. The van der Waals surface area contributed by atoms with Crippen molar-refractivity contribution in [2.24, 2.45) is 0 Å². The number of hydrogen-bond acceptors (Lipinski definition) is 7. The largest absolute Gasteiger partial charge is 0.495 e. The molecule has 0 aliphatic heterocycles. The molecule has 7 nitrogen and oxygen atoms in total. The summed E-state index contributed by atoms with van der Waals surface area (Å²) < 4.78 is 21.5. The molecule has 0 aliphatic rings. The molecule has 0 aliphatic carbocycles. The van der Waals surface area contributed by atoms with Crippen molar-refractivity contribution in [1.82, 2.24) is 10.1 Å². The van der Waals surface area contributed by atoms with Gasteiger partial charge in [0.05, 0.1) is 19.8 Å². The molecule has 8 heteroatoms. The number of ether oxygens (including phenoxy) is 3. The molecule has 0 amide bonds. The van der Waals surface area contributed by atoms with Crippen molar-refractivity contribution in [2.45, 2.75) is 13.5 Å². The van der Waals surface area contributed by atoms with Gasteiger partial charge in [-0.3, -0.25) is 0 Å². The van der Waals surface area contributed by atoms with Gasteiger partial charge in [-0.25, -0.2) is 4.79 Å². The lowest BCUT2D eigenvalue weighted by Gasteiger charge is -2.10. The second-order valence-electron chi connectivity index (χ2n) is 5.60. The Balaban J connectivity index is 1.73. The van der Waals surface area contributed by atoms with Crippen molar-refractivity contribution in [3.8, 4) is 22.9 Å². The van der Waals surface area contributed by atoms with E-state index in [-0.39, 0.29) is 18.1 Å². The number of esters is 1. The van der Waals surface area contributed by atoms with E-state index in [0.29, 0.717) is 21.8 Å². The number of halogens is 1. The minimum Gasteiger partial charge on any atom is -0.495 e. The van der Waals surface area contributed by atoms with Gasteiger partial charge in [0, 0.05) is 5.56 Å². The number of hydrogen-bond donors (Lipinski definition) is 0. The van der Waals surface area contributed by atoms with Crippen LogP contribution in [0.2, 0.25) is 0 Å². The fourth-order valence-corrected chi connectivity index (χ4v) is 3.00. The molecule has 3 rings (SSSR count). The summed E-state index contributed by atoms with van der Waals surface area (Å²) in [4.78, 5) is 16.6. The normalized spacial score (nSPS) is 10.5. The summed E-state index contributed by atoms with van der Waals surface area (Å²) >= 11 is 3.36. The first-order valence-electron chi connectivity index (χ1n) is 8.00. The van der Waals surface area contributed by atoms with E-state index in [4.69, 9.17) is 18.7 Å². The molecule has 0 bridgehead atoms. The predicted octanol–water partition coefficient (Wildman–Crippen LogP) is 4.18. The highest BCUT2D eigenvalue weighted by Crippen LogP contribution is 2.35. The zero-order valence-corrected chi connectivity index (χ0v) is 16.6. The maximum Gasteiger partial charge on any atom is 0.338 e. The van der Waals surface area contributed by atoms with Crippen molar-refractivity contribution in [1.29, 1.82) is 0 Å². The summed E-state index contributed by atoms with van der Waals surface area (Å²) in [5, 5.41) is 3.94. The second kappa shape index (κ2) is 8.22. The number of methoxy groups -OCH3 is 2. The molecule has 0 N–H and O–H groups in total. The van der Waals surface area contributed by atoms with Gasteiger partial charge < -0.3 is 18.7 Å². The zero-order valence-electron chi connectivity index (χ0n) is 15.0. The van der Waals surface area contributed by atoms with Gasteiger partial charge in [0.25, 0.3) is 5.89 Å². The van der Waals surface area contributed by atoms with Crippen LogP contribution in [-0.4, -0.2) is 30.3 Å². The van der Waals surface area contributed by atoms with Crippen LogP contribution in [0.15, 0.2) is 45.4 Å². The Morgan fingerprint density at radius 1 is 1.15 bits per heavy atom. The first-order chi connectivity index (χ1) is 13.0. The third kappa shape index (κ3) is 4.11. The maximum absolute atomic E-state index is 12.4. The van der Waals surface area contributed by atoms with E-state index >= 15 is 0 Å². The third-order valence-corrected chi connectivity index (χ3v) is 4.64. The van der Waals surface area contributed by atoms with Crippen LogP contribution < -0.4 is 9.47 Å². The number of aromatic nitrogens is 2. The topological polar surface area (TPSA) is 83.7 Å². The number of benzene rings is 2. The van der Waals surface area contributed by atoms with Crippen molar-refractivity contribution in [2.75, 3.05) is 14.2 Å². The molecule has 140 valence electrons. The van der Waals surface area contributed by atoms with Crippen LogP contribution in [0, 0.1) is 6.92 Å². The molecule has 0 unspecified atom stereocenters. The molecule has 0 fully saturated rings. The van der Waals surface area contributed by atoms with Crippen LogP contribution in [0.25, 0.3) is 11.4 Å². The summed E-state index contributed by atoms with van der Waals surface area (Å²) in [6.45, 7) is 1.82. The fourth-order valence-electron chi connectivity index (χ4n) is 2.44. The average Bonchev–Trinajstić information content (AvgIpc) is 3.15. The molecular weight excluding hydrogens is 416 g/mol. The van der Waals surface area contributed by atoms with Gasteiger partial charge in [0.2, 0.25) is 5.82 Å². The predicted molar refractivity (Wildman–Crippen MR) is 101 cm³/mol. The van der Waals surface area contributed by atoms with Crippen molar-refractivity contribution in [3.05, 3.63) is 57.9 Å². The Morgan fingerprint density at radius 3 is 2.44 bits per heavy atom. The molecule has 27 heavy (non-hydrogen) atoms. The Morgan fingerprint density at radius 2 is 1.81 bits per heavy atom. The Bertz CT molecular complexity index is 945. The number of aryl methyl sites for hydroxylation is 1. The van der Waals surface area contributed by atoms with Crippen LogP contribution in [0.3, 0.4) is 0 Å². The maximum atomic E-state index is 12.4. The summed E-state index contributed by atoms with van der Waals surface area (Å²) in [6, 6.07) is 10.8. The molecule has 0 radical (unpaired) electrons. The fraction of sp³-hybridized carbons (Fsp3) is 0.211. The number of rotatable bonds is 6. The standard InChI is InChI=1S/C19H17BrN2O5/c1-11-6-4-5-7-13(11)18-21-16(27-22-18)10-26-19(23)12-8-14(24-2)17(20)15(9-12)25-3/h4-9H,10H2,1-3H3. The summed E-state index contributed by atoms with van der Waals surface area (Å²) in [5.74, 6) is 1.01. The van der Waals surface area contributed by atoms with Crippen LogP contribution in [0.1, 0.15) is 21.8 Å². The van der Waals surface area contributed by atoms with Crippen LogP contribution in [0.4, 0.5) is 0 Å². The van der Waals surface area contributed by atoms with E-state index in [1.54, 1.807) is 12.1 Å². The molecule has 2 aromatic carbocycles. The lowest BCUT2D eigenvalue weighted by molar-refractivity contribution is 0.0429. The highest BCUT2D eigenvalue weighted by molar-refractivity contribution is 9.10. The van der Waals surface area contributed by atoms with Crippen molar-refractivity contribution >= 4 is 21.9 Å². The Kier molecular flexibility index (Phi) is 5.75. The number of nitrogens with zero attached hydrogens (tertiary/aromatic N) is 2. The minimum atomic E-state index is -0.560. The summed E-state index contributed by atoms with van der Waals surface area (Å²) in [6.07, 6.45) is 0. The van der Waals surface area contributed by atoms with Gasteiger partial charge in [-0.05, 0) is 40.5 Å². The SMILES string of the molecule is COc1cc(C(=O)OCc2nc(-c3ccccc3C)no2)cc(OC)c1Br. The molecule has 3 aromatic rings. The van der Waals surface area contributed by atoms with Gasteiger partial charge in [0.15, 0.2) is 6.61 Å². The van der Waals surface area contributed by atoms with E-state index in [0.717, 1.165) is 11.1 Å². The van der Waals surface area contributed by atoms with Crippen LogP contribution in [-0.2, 0) is 11.3 Å². The first-order valence-corrected chi connectivity index (χ1v) is 8.80. The quantitative estimate of drug-likeness (QED) is 0.540. The molecular formula is C19H17BrN2O5. The van der Waals surface area contributed by atoms with E-state index in [2.05, 4.69) is 26.1 Å². The highest BCUT2D eigenvalue weighted by atomic mass is 79.9. The lowest BCUT2D eigenvalue weighted by atomic mass is 10.1. The van der Waals surface area contributed by atoms with E-state index < -0.39 is 5.97 Å². The van der Waals surface area contributed by atoms with Gasteiger partial charge in [0.1, 0.15) is 16.0 Å². The van der Waals surface area contributed by atoms with Gasteiger partial charge >= 0.3 is 5.97 Å². The first kappa shape index (κ1) is 18.9. The van der Waals surface area contributed by atoms with Crippen molar-refractivity contribution in [3.63, 3.8) is 0 Å². The molecule has 1 heterocycles. The van der Waals surface area contributed by atoms with Crippen LogP contribution >= 0.6 is 15.9 Å². The number of carbonyl (C=O) groups is 1. The van der Waals surface area contributed by atoms with Gasteiger partial charge in [-0.1, -0.05) is 29.4 Å². The Hall–Kier alpha value is -2.87. The molecule has 0 spiro atoms. The van der Waals surface area contributed by atoms with E-state index in [1.165, 1.54) is 14.2 Å². The number of carbonyl (C=O) groups excluding carboxylic acids is 1. The van der Waals surface area contributed by atoms with Gasteiger partial charge in [-0.15, -0.1) is 0 Å². The summed E-state index contributed by atoms with van der Waals surface area (Å²) in [7, 11) is 3.00. The minimum absolute atomic E-state index is 0.140. The van der Waals surface area contributed by atoms with E-state index in [1.807, 2.05) is 31.2 Å². The van der Waals surface area contributed by atoms with Gasteiger partial charge in [-0.2, -0.15) is 4.98 Å². The second-order valence-corrected chi connectivity index (χ2v) is 6.39. The molecule has 0 atom stereocenters. The highest BCUT2D eigenvalue weighted by Gasteiger charge is 2.17. The molecule has 0 saturated heterocycles. The van der Waals surface area contributed by atoms with Crippen molar-refractivity contribution < 1.29 is 23.5 Å². The third-order valence-electron chi connectivity index (χ3n) is 3.86. The average molecular weight is 433 g/mol. The molecule has 0 saturated carbocycles. The molecule has 1 aromatic heterocycles. The Labute approximate surface area is 164 Å². The van der Waals surface area contributed by atoms with Crippen LogP contribution in [0.5, 0.6) is 11.5 Å². The lowest BCUT2D eigenvalue weighted by Crippen LogP contribution is -2.06. The summed E-state index contributed by atoms with van der Waals surface area (Å²) in [5.41, 5.74) is 2.17.